The highest BCUT2D eigenvalue weighted by Crippen LogP contribution is 2.19. The van der Waals surface area contributed by atoms with Crippen molar-refractivity contribution in [2.75, 3.05) is 59.1 Å². The van der Waals surface area contributed by atoms with E-state index in [0.29, 0.717) is 6.10 Å². The van der Waals surface area contributed by atoms with E-state index in [-0.39, 0.29) is 24.0 Å². The van der Waals surface area contributed by atoms with Crippen molar-refractivity contribution in [2.45, 2.75) is 51.0 Å². The number of aliphatic imine (C=N–C) groups is 1. The molecule has 1 aromatic heterocycles. The SMILES string of the molecule is I.c1coc(CCNC(=NCCN2CCOCC2)NCCOC2CCCCCC2)c1. The zero-order chi connectivity index (χ0) is 20.0. The summed E-state index contributed by atoms with van der Waals surface area (Å²) in [5.74, 6) is 1.84. The average molecular weight is 534 g/mol. The molecule has 0 aromatic carbocycles. The Morgan fingerprint density at radius 1 is 1.10 bits per heavy atom. The number of nitrogens with zero attached hydrogens (tertiary/aromatic N) is 2. The first kappa shape index (κ1) is 25.4. The Balaban J connectivity index is 0.00000320. The largest absolute Gasteiger partial charge is 0.469 e. The van der Waals surface area contributed by atoms with Gasteiger partial charge >= 0.3 is 0 Å². The van der Waals surface area contributed by atoms with Crippen LogP contribution in [0.1, 0.15) is 44.3 Å². The lowest BCUT2D eigenvalue weighted by Crippen LogP contribution is -2.41. The van der Waals surface area contributed by atoms with E-state index < -0.39 is 0 Å². The number of furan rings is 1. The van der Waals surface area contributed by atoms with Crippen LogP contribution in [0.4, 0.5) is 0 Å². The quantitative estimate of drug-likeness (QED) is 0.158. The molecular weight excluding hydrogens is 495 g/mol. The molecule has 2 N–H and O–H groups in total. The molecule has 30 heavy (non-hydrogen) atoms. The minimum absolute atomic E-state index is 0. The highest BCUT2D eigenvalue weighted by molar-refractivity contribution is 14.0. The molecule has 8 heteroatoms. The monoisotopic (exact) mass is 534 g/mol. The van der Waals surface area contributed by atoms with Crippen molar-refractivity contribution in [3.05, 3.63) is 24.2 Å². The number of hydrogen-bond donors (Lipinski definition) is 2. The van der Waals surface area contributed by atoms with Gasteiger partial charge < -0.3 is 24.5 Å². The summed E-state index contributed by atoms with van der Waals surface area (Å²) in [4.78, 5) is 7.17. The highest BCUT2D eigenvalue weighted by Gasteiger charge is 2.12. The smallest absolute Gasteiger partial charge is 0.191 e. The van der Waals surface area contributed by atoms with E-state index >= 15 is 0 Å². The normalized spacial score (nSPS) is 19.1. The minimum atomic E-state index is 0. The number of ether oxygens (including phenoxy) is 2. The summed E-state index contributed by atoms with van der Waals surface area (Å²) in [6, 6.07) is 3.93. The standard InChI is InChI=1S/C22H38N4O3.HI/c1-2-4-7-20(6-3-1)29-17-12-25-22(23-10-9-21-8-5-16-28-21)24-11-13-26-14-18-27-19-15-26;/h5,8,16,20H,1-4,6-7,9-15,17-19H2,(H2,23,24,25);1H. The van der Waals surface area contributed by atoms with Crippen LogP contribution in [0.5, 0.6) is 0 Å². The third kappa shape index (κ3) is 10.5. The summed E-state index contributed by atoms with van der Waals surface area (Å²) >= 11 is 0. The first-order chi connectivity index (χ1) is 14.4. The van der Waals surface area contributed by atoms with E-state index in [4.69, 9.17) is 18.9 Å². The second-order valence-electron chi connectivity index (χ2n) is 7.85. The van der Waals surface area contributed by atoms with E-state index in [0.717, 1.165) is 77.2 Å². The van der Waals surface area contributed by atoms with E-state index in [1.165, 1.54) is 38.5 Å². The summed E-state index contributed by atoms with van der Waals surface area (Å²) in [6.45, 7) is 7.70. The van der Waals surface area contributed by atoms with E-state index in [1.54, 1.807) is 6.26 Å². The molecule has 0 unspecified atom stereocenters. The van der Waals surface area contributed by atoms with E-state index in [1.807, 2.05) is 12.1 Å². The molecule has 0 radical (unpaired) electrons. The van der Waals surface area contributed by atoms with Gasteiger partial charge in [-0.25, -0.2) is 0 Å². The first-order valence-electron chi connectivity index (χ1n) is 11.4. The van der Waals surface area contributed by atoms with Crippen LogP contribution in [0.2, 0.25) is 0 Å². The molecular formula is C22H39IN4O3. The number of halogens is 1. The number of guanidine groups is 1. The van der Waals surface area contributed by atoms with Gasteiger partial charge in [0.1, 0.15) is 5.76 Å². The first-order valence-corrected chi connectivity index (χ1v) is 11.4. The Kier molecular flexibility index (Phi) is 13.5. The summed E-state index contributed by atoms with van der Waals surface area (Å²) in [5.41, 5.74) is 0. The molecule has 0 atom stereocenters. The zero-order valence-electron chi connectivity index (χ0n) is 18.2. The number of morpholine rings is 1. The van der Waals surface area contributed by atoms with Crippen LogP contribution in [-0.4, -0.2) is 76.1 Å². The van der Waals surface area contributed by atoms with Crippen LogP contribution in [0.3, 0.4) is 0 Å². The average Bonchev–Trinajstić information content (AvgIpc) is 3.13. The Hall–Kier alpha value is -0.840. The third-order valence-electron chi connectivity index (χ3n) is 5.58. The van der Waals surface area contributed by atoms with Crippen molar-refractivity contribution in [1.29, 1.82) is 0 Å². The second kappa shape index (κ2) is 15.9. The number of nitrogens with one attached hydrogen (secondary N) is 2. The van der Waals surface area contributed by atoms with Crippen LogP contribution in [0.15, 0.2) is 27.8 Å². The van der Waals surface area contributed by atoms with Gasteiger partial charge in [-0.2, -0.15) is 0 Å². The zero-order valence-corrected chi connectivity index (χ0v) is 20.5. The van der Waals surface area contributed by atoms with Gasteiger partial charge in [0.2, 0.25) is 0 Å². The molecule has 1 saturated carbocycles. The van der Waals surface area contributed by atoms with Crippen molar-refractivity contribution in [1.82, 2.24) is 15.5 Å². The molecule has 0 spiro atoms. The molecule has 1 aliphatic carbocycles. The Morgan fingerprint density at radius 2 is 1.87 bits per heavy atom. The van der Waals surface area contributed by atoms with Crippen molar-refractivity contribution < 1.29 is 13.9 Å². The van der Waals surface area contributed by atoms with Gasteiger partial charge in [-0.1, -0.05) is 25.7 Å². The number of hydrogen-bond acceptors (Lipinski definition) is 5. The molecule has 2 heterocycles. The van der Waals surface area contributed by atoms with Gasteiger partial charge in [0.25, 0.3) is 0 Å². The second-order valence-corrected chi connectivity index (χ2v) is 7.85. The minimum Gasteiger partial charge on any atom is -0.469 e. The third-order valence-corrected chi connectivity index (χ3v) is 5.58. The molecule has 7 nitrogen and oxygen atoms in total. The van der Waals surface area contributed by atoms with Gasteiger partial charge in [-0.3, -0.25) is 9.89 Å². The van der Waals surface area contributed by atoms with Gasteiger partial charge in [0, 0.05) is 39.1 Å². The topological polar surface area (TPSA) is 71.3 Å². The van der Waals surface area contributed by atoms with E-state index in [2.05, 4.69) is 15.5 Å². The summed E-state index contributed by atoms with van der Waals surface area (Å²) in [6.07, 6.45) is 10.7. The molecule has 1 aliphatic heterocycles. The molecule has 1 aromatic rings. The molecule has 2 fully saturated rings. The lowest BCUT2D eigenvalue weighted by atomic mass is 10.1. The van der Waals surface area contributed by atoms with Crippen molar-refractivity contribution in [2.24, 2.45) is 4.99 Å². The van der Waals surface area contributed by atoms with Crippen LogP contribution in [0.25, 0.3) is 0 Å². The fourth-order valence-corrected chi connectivity index (χ4v) is 3.86. The van der Waals surface area contributed by atoms with Crippen LogP contribution in [-0.2, 0) is 15.9 Å². The summed E-state index contributed by atoms with van der Waals surface area (Å²) < 4.78 is 16.9. The fraction of sp³-hybridized carbons (Fsp3) is 0.773. The van der Waals surface area contributed by atoms with Crippen molar-refractivity contribution in [3.8, 4) is 0 Å². The maximum atomic E-state index is 6.09. The molecule has 0 bridgehead atoms. The van der Waals surface area contributed by atoms with Crippen molar-refractivity contribution >= 4 is 29.9 Å². The predicted octanol–water partition coefficient (Wildman–Crippen LogP) is 3.05. The lowest BCUT2D eigenvalue weighted by Gasteiger charge is -2.25. The maximum absolute atomic E-state index is 6.09. The lowest BCUT2D eigenvalue weighted by molar-refractivity contribution is 0.0394. The fourth-order valence-electron chi connectivity index (χ4n) is 3.86. The summed E-state index contributed by atoms with van der Waals surface area (Å²) in [7, 11) is 0. The molecule has 3 rings (SSSR count). The predicted molar refractivity (Wildman–Crippen MR) is 131 cm³/mol. The van der Waals surface area contributed by atoms with Gasteiger partial charge in [-0.15, -0.1) is 24.0 Å². The van der Waals surface area contributed by atoms with Crippen molar-refractivity contribution in [3.63, 3.8) is 0 Å². The molecule has 0 amide bonds. The summed E-state index contributed by atoms with van der Waals surface area (Å²) in [5, 5.41) is 6.86. The molecule has 172 valence electrons. The Labute approximate surface area is 198 Å². The highest BCUT2D eigenvalue weighted by atomic mass is 127. The van der Waals surface area contributed by atoms with Crippen LogP contribution >= 0.6 is 24.0 Å². The number of rotatable bonds is 10. The van der Waals surface area contributed by atoms with Gasteiger partial charge in [-0.05, 0) is 25.0 Å². The van der Waals surface area contributed by atoms with Gasteiger partial charge in [0.05, 0.1) is 38.7 Å². The Bertz CT molecular complexity index is 557. The van der Waals surface area contributed by atoms with Crippen LogP contribution in [0, 0.1) is 0 Å². The van der Waals surface area contributed by atoms with Gasteiger partial charge in [0.15, 0.2) is 5.96 Å². The van der Waals surface area contributed by atoms with Crippen LogP contribution < -0.4 is 10.6 Å². The maximum Gasteiger partial charge on any atom is 0.191 e. The Morgan fingerprint density at radius 3 is 2.60 bits per heavy atom. The molecule has 2 aliphatic rings. The van der Waals surface area contributed by atoms with E-state index in [9.17, 15) is 0 Å². The molecule has 1 saturated heterocycles.